The number of aliphatic carboxylic acids is 1. The molecule has 0 aromatic rings. The smallest absolute Gasteiger partial charge is 0.317 e. The first kappa shape index (κ1) is 18.5. The normalized spacial score (nSPS) is 32.8. The topological polar surface area (TPSA) is 72.9 Å². The van der Waals surface area contributed by atoms with Gasteiger partial charge in [0.2, 0.25) is 0 Å². The van der Waals surface area contributed by atoms with Crippen LogP contribution >= 0.6 is 0 Å². The summed E-state index contributed by atoms with van der Waals surface area (Å²) >= 11 is 0. The van der Waals surface area contributed by atoms with Crippen LogP contribution in [0.1, 0.15) is 46.0 Å². The Morgan fingerprint density at radius 1 is 1.24 bits per heavy atom. The van der Waals surface area contributed by atoms with Gasteiger partial charge in [0.1, 0.15) is 0 Å². The van der Waals surface area contributed by atoms with Crippen LogP contribution in [0.25, 0.3) is 0 Å². The second-order valence-electron chi connectivity index (χ2n) is 8.78. The van der Waals surface area contributed by atoms with E-state index in [9.17, 15) is 14.7 Å². The van der Waals surface area contributed by atoms with Crippen LogP contribution in [-0.4, -0.2) is 66.2 Å². The van der Waals surface area contributed by atoms with Crippen molar-refractivity contribution >= 4 is 12.0 Å². The van der Waals surface area contributed by atoms with Gasteiger partial charge in [-0.25, -0.2) is 4.79 Å². The van der Waals surface area contributed by atoms with Crippen LogP contribution in [0.4, 0.5) is 4.79 Å². The van der Waals surface area contributed by atoms with Gasteiger partial charge in [-0.05, 0) is 50.0 Å². The number of nitrogens with zero attached hydrogens (tertiary/aromatic N) is 2. The zero-order valence-corrected chi connectivity index (χ0v) is 15.7. The minimum Gasteiger partial charge on any atom is -0.481 e. The lowest BCUT2D eigenvalue weighted by molar-refractivity contribution is -0.149. The highest BCUT2D eigenvalue weighted by Gasteiger charge is 2.55. The fourth-order valence-corrected chi connectivity index (χ4v) is 5.14. The molecule has 1 unspecified atom stereocenters. The minimum atomic E-state index is -0.720. The number of piperidine rings is 1. The van der Waals surface area contributed by atoms with Crippen molar-refractivity contribution in [3.05, 3.63) is 0 Å². The van der Waals surface area contributed by atoms with Crippen LogP contribution in [0.5, 0.6) is 0 Å². The van der Waals surface area contributed by atoms with E-state index in [1.54, 1.807) is 4.90 Å². The number of carboxylic acids is 1. The van der Waals surface area contributed by atoms with E-state index in [-0.39, 0.29) is 11.9 Å². The summed E-state index contributed by atoms with van der Waals surface area (Å²) in [6.07, 6.45) is 4.98. The SMILES string of the molecule is CC(C)CN1CCCC(CNC(=O)N2C[C@@H]3CCC[C@@]3(C(=O)O)C2)C1. The van der Waals surface area contributed by atoms with Crippen LogP contribution in [0, 0.1) is 23.2 Å². The summed E-state index contributed by atoms with van der Waals surface area (Å²) in [6.45, 7) is 9.51. The Bertz CT molecular complexity index is 510. The van der Waals surface area contributed by atoms with Crippen molar-refractivity contribution in [2.75, 3.05) is 39.3 Å². The third kappa shape index (κ3) is 3.94. The van der Waals surface area contributed by atoms with E-state index in [0.29, 0.717) is 37.9 Å². The van der Waals surface area contributed by atoms with Gasteiger partial charge < -0.3 is 20.2 Å². The van der Waals surface area contributed by atoms with Crippen molar-refractivity contribution in [2.45, 2.75) is 46.0 Å². The summed E-state index contributed by atoms with van der Waals surface area (Å²) in [5.74, 6) is 0.588. The molecule has 3 rings (SSSR count). The molecule has 0 aromatic heterocycles. The van der Waals surface area contributed by atoms with E-state index < -0.39 is 11.4 Å². The van der Waals surface area contributed by atoms with Crippen LogP contribution in [0.2, 0.25) is 0 Å². The maximum Gasteiger partial charge on any atom is 0.317 e. The fraction of sp³-hybridized carbons (Fsp3) is 0.895. The number of carboxylic acid groups (broad SMARTS) is 1. The molecular formula is C19H33N3O3. The Labute approximate surface area is 150 Å². The summed E-state index contributed by atoms with van der Waals surface area (Å²) in [6, 6.07) is -0.0731. The molecule has 1 aliphatic carbocycles. The zero-order chi connectivity index (χ0) is 18.0. The minimum absolute atomic E-state index is 0.0731. The van der Waals surface area contributed by atoms with Crippen LogP contribution in [0.3, 0.4) is 0 Å². The lowest BCUT2D eigenvalue weighted by Crippen LogP contribution is -2.46. The first-order valence-electron chi connectivity index (χ1n) is 9.89. The Kier molecular flexibility index (Phi) is 5.56. The summed E-state index contributed by atoms with van der Waals surface area (Å²) in [5.41, 5.74) is -0.684. The van der Waals surface area contributed by atoms with Crippen molar-refractivity contribution in [1.82, 2.24) is 15.1 Å². The number of hydrogen-bond acceptors (Lipinski definition) is 3. The van der Waals surface area contributed by atoms with Gasteiger partial charge in [0.25, 0.3) is 0 Å². The number of hydrogen-bond donors (Lipinski definition) is 2. The van der Waals surface area contributed by atoms with Crippen LogP contribution in [-0.2, 0) is 4.79 Å². The third-order valence-corrected chi connectivity index (χ3v) is 6.35. The number of carbonyl (C=O) groups is 2. The van der Waals surface area contributed by atoms with Crippen LogP contribution in [0.15, 0.2) is 0 Å². The summed E-state index contributed by atoms with van der Waals surface area (Å²) in [7, 11) is 0. The number of likely N-dealkylation sites (tertiary alicyclic amines) is 2. The second-order valence-corrected chi connectivity index (χ2v) is 8.78. The maximum atomic E-state index is 12.6. The number of carbonyl (C=O) groups excluding carboxylic acids is 1. The molecule has 2 N–H and O–H groups in total. The molecule has 2 saturated heterocycles. The molecule has 1 saturated carbocycles. The molecule has 0 spiro atoms. The average Bonchev–Trinajstić information content (AvgIpc) is 3.10. The molecule has 142 valence electrons. The third-order valence-electron chi connectivity index (χ3n) is 6.35. The van der Waals surface area contributed by atoms with Gasteiger partial charge >= 0.3 is 12.0 Å². The molecule has 3 aliphatic rings. The number of fused-ring (bicyclic) bond motifs is 1. The van der Waals surface area contributed by atoms with E-state index in [4.69, 9.17) is 0 Å². The van der Waals surface area contributed by atoms with E-state index in [1.165, 1.54) is 6.42 Å². The molecule has 0 bridgehead atoms. The second kappa shape index (κ2) is 7.52. The quantitative estimate of drug-likeness (QED) is 0.797. The molecule has 2 aliphatic heterocycles. The van der Waals surface area contributed by atoms with Crippen molar-refractivity contribution in [2.24, 2.45) is 23.2 Å². The molecule has 6 nitrogen and oxygen atoms in total. The van der Waals surface area contributed by atoms with Crippen LogP contribution < -0.4 is 5.32 Å². The molecule has 6 heteroatoms. The predicted molar refractivity (Wildman–Crippen MR) is 96.4 cm³/mol. The zero-order valence-electron chi connectivity index (χ0n) is 15.7. The predicted octanol–water partition coefficient (Wildman–Crippen LogP) is 2.25. The Hall–Kier alpha value is -1.30. The van der Waals surface area contributed by atoms with Gasteiger partial charge in [0.05, 0.1) is 5.41 Å². The van der Waals surface area contributed by atoms with Crippen molar-refractivity contribution in [3.63, 3.8) is 0 Å². The van der Waals surface area contributed by atoms with E-state index in [2.05, 4.69) is 24.1 Å². The Morgan fingerprint density at radius 2 is 2.04 bits per heavy atom. The maximum absolute atomic E-state index is 12.6. The average molecular weight is 351 g/mol. The monoisotopic (exact) mass is 351 g/mol. The van der Waals surface area contributed by atoms with Gasteiger partial charge in [-0.1, -0.05) is 20.3 Å². The Morgan fingerprint density at radius 3 is 2.72 bits per heavy atom. The lowest BCUT2D eigenvalue weighted by Gasteiger charge is -2.34. The largest absolute Gasteiger partial charge is 0.481 e. The van der Waals surface area contributed by atoms with Crippen molar-refractivity contribution in [3.8, 4) is 0 Å². The fourth-order valence-electron chi connectivity index (χ4n) is 5.14. The summed E-state index contributed by atoms with van der Waals surface area (Å²) in [4.78, 5) is 28.5. The number of rotatable bonds is 5. The highest BCUT2D eigenvalue weighted by molar-refractivity contribution is 5.80. The van der Waals surface area contributed by atoms with Crippen molar-refractivity contribution in [1.29, 1.82) is 0 Å². The first-order valence-corrected chi connectivity index (χ1v) is 9.89. The molecule has 2 amide bonds. The van der Waals surface area contributed by atoms with Gasteiger partial charge in [0.15, 0.2) is 0 Å². The molecule has 3 fully saturated rings. The van der Waals surface area contributed by atoms with Gasteiger partial charge in [-0.3, -0.25) is 4.79 Å². The molecule has 0 radical (unpaired) electrons. The number of urea groups is 1. The Balaban J connectivity index is 1.48. The number of amides is 2. The van der Waals surface area contributed by atoms with E-state index in [1.807, 2.05) is 0 Å². The first-order chi connectivity index (χ1) is 11.9. The summed E-state index contributed by atoms with van der Waals surface area (Å²) in [5, 5.41) is 12.7. The van der Waals surface area contributed by atoms with Gasteiger partial charge in [-0.15, -0.1) is 0 Å². The van der Waals surface area contributed by atoms with Gasteiger partial charge in [-0.2, -0.15) is 0 Å². The van der Waals surface area contributed by atoms with E-state index >= 15 is 0 Å². The van der Waals surface area contributed by atoms with E-state index in [0.717, 1.165) is 38.9 Å². The molecule has 0 aromatic carbocycles. The molecule has 2 heterocycles. The van der Waals surface area contributed by atoms with Crippen molar-refractivity contribution < 1.29 is 14.7 Å². The highest BCUT2D eigenvalue weighted by Crippen LogP contribution is 2.48. The lowest BCUT2D eigenvalue weighted by atomic mass is 9.81. The molecular weight excluding hydrogens is 318 g/mol. The van der Waals surface area contributed by atoms with Gasteiger partial charge in [0, 0.05) is 32.7 Å². The number of nitrogens with one attached hydrogen (secondary N) is 1. The standard InChI is InChI=1S/C19H33N3O3/c1-14(2)10-21-8-4-5-15(11-21)9-20-18(25)22-12-16-6-3-7-19(16,13-22)17(23)24/h14-16H,3-13H2,1-2H3,(H,20,25)(H,23,24)/t15?,16-,19+/m0/s1. The molecule has 3 atom stereocenters. The molecule has 25 heavy (non-hydrogen) atoms. The highest BCUT2D eigenvalue weighted by atomic mass is 16.4. The summed E-state index contributed by atoms with van der Waals surface area (Å²) < 4.78 is 0.